The molecule has 3 fully saturated rings. The summed E-state index contributed by atoms with van der Waals surface area (Å²) < 4.78 is 5.88. The normalized spacial score (nSPS) is 46.8. The topological polar surface area (TPSA) is 101 Å². The Bertz CT molecular complexity index is 1360. The van der Waals surface area contributed by atoms with E-state index in [1.165, 1.54) is 0 Å². The number of allylic oxidation sites excluding steroid dienone is 3. The van der Waals surface area contributed by atoms with Gasteiger partial charge in [-0.05, 0) is 98.9 Å². The third-order valence-electron chi connectivity index (χ3n) is 12.7. The van der Waals surface area contributed by atoms with Gasteiger partial charge in [-0.25, -0.2) is 4.85 Å². The van der Waals surface area contributed by atoms with Crippen LogP contribution in [0.5, 0.6) is 0 Å². The number of carbonyl (C=O) groups excluding carboxylic acids is 1. The van der Waals surface area contributed by atoms with Crippen molar-refractivity contribution in [1.29, 1.82) is 0 Å². The number of hydrogen-bond acceptors (Lipinski definition) is 6. The number of rotatable bonds is 1. The van der Waals surface area contributed by atoms with Crippen molar-refractivity contribution in [1.82, 2.24) is 10.1 Å². The van der Waals surface area contributed by atoms with Crippen LogP contribution in [0.15, 0.2) is 27.6 Å². The van der Waals surface area contributed by atoms with E-state index in [0.717, 1.165) is 50.5 Å². The second-order valence-corrected chi connectivity index (χ2v) is 15.2. The molecule has 1 aromatic rings. The zero-order valence-corrected chi connectivity index (χ0v) is 24.5. The van der Waals surface area contributed by atoms with Gasteiger partial charge in [-0.2, -0.15) is 4.98 Å². The van der Waals surface area contributed by atoms with Crippen molar-refractivity contribution in [2.45, 2.75) is 111 Å². The number of nitrogens with zero attached hydrogens (tertiary/aromatic N) is 3. The molecule has 1 aromatic heterocycles. The van der Waals surface area contributed by atoms with Gasteiger partial charge in [0.1, 0.15) is 11.4 Å². The molecule has 7 nitrogen and oxygen atoms in total. The Morgan fingerprint density at radius 2 is 1.77 bits per heavy atom. The second-order valence-electron chi connectivity index (χ2n) is 15.2. The van der Waals surface area contributed by atoms with Crippen LogP contribution < -0.4 is 0 Å². The number of aliphatic hydroxyl groups is 2. The highest BCUT2D eigenvalue weighted by atomic mass is 16.5. The molecule has 7 heteroatoms. The summed E-state index contributed by atoms with van der Waals surface area (Å²) in [6.45, 7) is 22.7. The molecule has 6 rings (SSSR count). The molecular weight excluding hydrogens is 490 g/mol. The van der Waals surface area contributed by atoms with E-state index in [-0.39, 0.29) is 56.7 Å². The van der Waals surface area contributed by atoms with Crippen LogP contribution >= 0.6 is 0 Å². The Hall–Kier alpha value is -2.46. The highest BCUT2D eigenvalue weighted by Crippen LogP contribution is 2.74. The van der Waals surface area contributed by atoms with Gasteiger partial charge < -0.3 is 14.7 Å². The van der Waals surface area contributed by atoms with Crippen molar-refractivity contribution in [3.8, 4) is 0 Å². The maximum Gasteiger partial charge on any atom is 0.233 e. The quantitative estimate of drug-likeness (QED) is 0.393. The molecule has 0 unspecified atom stereocenters. The number of hydrogen-bond donors (Lipinski definition) is 2. The lowest BCUT2D eigenvalue weighted by atomic mass is 9.34. The van der Waals surface area contributed by atoms with E-state index in [9.17, 15) is 15.0 Å². The number of fused-ring (bicyclic) bond motifs is 7. The molecule has 0 bridgehead atoms. The Morgan fingerprint density at radius 1 is 1.08 bits per heavy atom. The highest BCUT2D eigenvalue weighted by Gasteiger charge is 2.71. The summed E-state index contributed by atoms with van der Waals surface area (Å²) in [7, 11) is 0. The van der Waals surface area contributed by atoms with Gasteiger partial charge in [-0.3, -0.25) is 4.79 Å². The Morgan fingerprint density at radius 3 is 2.41 bits per heavy atom. The van der Waals surface area contributed by atoms with E-state index in [4.69, 9.17) is 16.1 Å². The molecule has 0 aliphatic heterocycles. The molecule has 0 spiro atoms. The third-order valence-corrected chi connectivity index (χ3v) is 12.7. The lowest BCUT2D eigenvalue weighted by Crippen LogP contribution is -2.66. The average Bonchev–Trinajstić information content (AvgIpc) is 3.29. The minimum atomic E-state index is -1.50. The fraction of sp³-hybridized carbons (Fsp3) is 0.750. The molecule has 5 aliphatic rings. The number of aliphatic hydroxyl groups excluding tert-OH is 1. The molecule has 39 heavy (non-hydrogen) atoms. The number of aromatic nitrogens is 2. The second kappa shape index (κ2) is 7.84. The lowest BCUT2D eigenvalue weighted by molar-refractivity contribution is -0.167. The van der Waals surface area contributed by atoms with Crippen molar-refractivity contribution in [3.63, 3.8) is 0 Å². The van der Waals surface area contributed by atoms with Crippen molar-refractivity contribution < 1.29 is 19.5 Å². The minimum absolute atomic E-state index is 0.102. The zero-order chi connectivity index (χ0) is 28.4. The predicted octanol–water partition coefficient (Wildman–Crippen LogP) is 6.63. The van der Waals surface area contributed by atoms with Crippen LogP contribution in [0.4, 0.5) is 0 Å². The molecule has 2 N–H and O–H groups in total. The van der Waals surface area contributed by atoms with Gasteiger partial charge in [-0.1, -0.05) is 45.3 Å². The lowest BCUT2D eigenvalue weighted by Gasteiger charge is -2.69. The first kappa shape index (κ1) is 26.7. The molecule has 1 heterocycles. The van der Waals surface area contributed by atoms with Gasteiger partial charge in [0.15, 0.2) is 11.6 Å². The van der Waals surface area contributed by atoms with Crippen molar-refractivity contribution >= 4 is 5.78 Å². The largest absolute Gasteiger partial charge is 0.521 e. The van der Waals surface area contributed by atoms with Crippen LogP contribution in [0.1, 0.15) is 105 Å². The van der Waals surface area contributed by atoms with E-state index in [2.05, 4.69) is 44.6 Å². The summed E-state index contributed by atoms with van der Waals surface area (Å²) in [4.78, 5) is 22.9. The average molecular weight is 534 g/mol. The molecular formula is C32H43N3O4. The molecule has 8 atom stereocenters. The summed E-state index contributed by atoms with van der Waals surface area (Å²) >= 11 is 0. The van der Waals surface area contributed by atoms with Gasteiger partial charge in [0, 0.05) is 11.8 Å². The molecule has 0 aromatic carbocycles. The third kappa shape index (κ3) is 3.21. The summed E-state index contributed by atoms with van der Waals surface area (Å²) in [6, 6.07) is 0. The smallest absolute Gasteiger partial charge is 0.233 e. The zero-order valence-electron chi connectivity index (χ0n) is 24.5. The first-order valence-corrected chi connectivity index (χ1v) is 14.7. The van der Waals surface area contributed by atoms with E-state index < -0.39 is 11.0 Å². The van der Waals surface area contributed by atoms with Crippen molar-refractivity contribution in [2.75, 3.05) is 0 Å². The minimum Gasteiger partial charge on any atom is -0.521 e. The SMILES string of the molecule is [C-]#[N+]C1=C(O)[C@@](C)(O)[C@@H]2CC[C@]3(C)C(=CC(=O)[C@@H]4[C@@H]5CC(C)(C)CC[C@]5(c5nc(C)no5)CC[C@]43C)[C@@]2(C)C1. The van der Waals surface area contributed by atoms with Crippen LogP contribution in [0.3, 0.4) is 0 Å². The monoisotopic (exact) mass is 533 g/mol. The Balaban J connectivity index is 1.52. The fourth-order valence-corrected chi connectivity index (χ4v) is 10.4. The van der Waals surface area contributed by atoms with Crippen LogP contribution in [-0.2, 0) is 10.2 Å². The molecule has 0 saturated heterocycles. The molecule has 0 radical (unpaired) electrons. The summed E-state index contributed by atoms with van der Waals surface area (Å²) in [5, 5.41) is 26.5. The van der Waals surface area contributed by atoms with Crippen LogP contribution in [0, 0.1) is 52.9 Å². The van der Waals surface area contributed by atoms with Crippen LogP contribution in [0.25, 0.3) is 4.85 Å². The number of ketones is 1. The van der Waals surface area contributed by atoms with Crippen molar-refractivity contribution in [2.24, 2.45) is 39.4 Å². The summed E-state index contributed by atoms with van der Waals surface area (Å²) in [5.74, 6) is 0.986. The molecule has 3 saturated carbocycles. The fourth-order valence-electron chi connectivity index (χ4n) is 10.4. The van der Waals surface area contributed by atoms with Gasteiger partial charge in [0.2, 0.25) is 11.6 Å². The van der Waals surface area contributed by atoms with E-state index in [0.29, 0.717) is 18.1 Å². The van der Waals surface area contributed by atoms with Gasteiger partial charge >= 0.3 is 0 Å². The Labute approximate surface area is 232 Å². The van der Waals surface area contributed by atoms with Gasteiger partial charge in [0.25, 0.3) is 0 Å². The first-order valence-electron chi connectivity index (χ1n) is 14.7. The van der Waals surface area contributed by atoms with Crippen molar-refractivity contribution in [3.05, 3.63) is 46.2 Å². The van der Waals surface area contributed by atoms with E-state index in [1.54, 1.807) is 6.92 Å². The molecule has 5 aliphatic carbocycles. The predicted molar refractivity (Wildman–Crippen MR) is 146 cm³/mol. The van der Waals surface area contributed by atoms with E-state index in [1.807, 2.05) is 13.0 Å². The molecule has 210 valence electrons. The van der Waals surface area contributed by atoms with Gasteiger partial charge in [0.05, 0.1) is 12.0 Å². The standard InChI is InChI=1S/C32H43N3O4/c1-18-34-26(39-35-18)32-13-11-27(2,3)16-19(32)24-21(36)15-23-28(4)17-20(33-8)25(37)31(7,38)22(28)9-10-29(23,5)30(24,6)12-14-32/h15,19,22,24,37-38H,9-14,16-17H2,1-7H3/t19-,22+,24-,28-,29+,30+,31-,32-/m0/s1. The highest BCUT2D eigenvalue weighted by molar-refractivity contribution is 5.95. The number of carbonyl (C=O) groups is 1. The first-order chi connectivity index (χ1) is 18.1. The van der Waals surface area contributed by atoms with Gasteiger partial charge in [-0.15, -0.1) is 0 Å². The summed E-state index contributed by atoms with van der Waals surface area (Å²) in [5.41, 5.74) is -1.54. The van der Waals surface area contributed by atoms with E-state index >= 15 is 0 Å². The maximum absolute atomic E-state index is 14.5. The summed E-state index contributed by atoms with van der Waals surface area (Å²) in [6.07, 6.45) is 8.55. The number of aryl methyl sites for hydroxylation is 1. The van der Waals surface area contributed by atoms with Crippen LogP contribution in [-0.4, -0.2) is 31.7 Å². The Kier molecular flexibility index (Phi) is 5.38. The maximum atomic E-state index is 14.5. The van der Waals surface area contributed by atoms with Crippen LogP contribution in [0.2, 0.25) is 0 Å². The molecule has 0 amide bonds.